The fourth-order valence-electron chi connectivity index (χ4n) is 1.62. The van der Waals surface area contributed by atoms with Gasteiger partial charge in [0, 0.05) is 11.5 Å². The Bertz CT molecular complexity index is 643. The van der Waals surface area contributed by atoms with Crippen molar-refractivity contribution in [1.29, 1.82) is 0 Å². The predicted molar refractivity (Wildman–Crippen MR) is 66.7 cm³/mol. The molecule has 0 spiro atoms. The third-order valence-electron chi connectivity index (χ3n) is 2.47. The standard InChI is InChI=1S/C14H10O4/c1-2-13(15)18-12-5-3-4-9-6-7-10(14(16)17)8-11(9)12/h2-8H,1H2,(H,16,17). The molecule has 0 heterocycles. The van der Waals surface area contributed by atoms with Crippen molar-refractivity contribution in [2.45, 2.75) is 0 Å². The number of rotatable bonds is 3. The van der Waals surface area contributed by atoms with E-state index in [1.165, 1.54) is 12.1 Å². The first-order valence-electron chi connectivity index (χ1n) is 5.22. The summed E-state index contributed by atoms with van der Waals surface area (Å²) in [5, 5.41) is 10.3. The normalized spacial score (nSPS) is 10.0. The Kier molecular flexibility index (Phi) is 3.10. The molecule has 1 N–H and O–H groups in total. The molecule has 0 aliphatic carbocycles. The first-order valence-corrected chi connectivity index (χ1v) is 5.22. The zero-order valence-electron chi connectivity index (χ0n) is 9.42. The van der Waals surface area contributed by atoms with E-state index in [1.807, 2.05) is 6.07 Å². The Balaban J connectivity index is 2.58. The van der Waals surface area contributed by atoms with Crippen LogP contribution in [0.4, 0.5) is 0 Å². The molecule has 4 nitrogen and oxygen atoms in total. The summed E-state index contributed by atoms with van der Waals surface area (Å²) in [4.78, 5) is 22.1. The highest BCUT2D eigenvalue weighted by Gasteiger charge is 2.09. The predicted octanol–water partition coefficient (Wildman–Crippen LogP) is 2.63. The molecule has 2 aromatic carbocycles. The topological polar surface area (TPSA) is 63.6 Å². The molecule has 0 radical (unpaired) electrons. The molecule has 0 unspecified atom stereocenters. The van der Waals surface area contributed by atoms with E-state index < -0.39 is 11.9 Å². The molecule has 2 aromatic rings. The third-order valence-corrected chi connectivity index (χ3v) is 2.47. The van der Waals surface area contributed by atoms with Crippen LogP contribution in [0, 0.1) is 0 Å². The highest BCUT2D eigenvalue weighted by atomic mass is 16.5. The molecule has 0 atom stereocenters. The molecule has 0 aliphatic rings. The number of fused-ring (bicyclic) bond motifs is 1. The lowest BCUT2D eigenvalue weighted by Crippen LogP contribution is -2.04. The molecule has 0 fully saturated rings. The van der Waals surface area contributed by atoms with Crippen molar-refractivity contribution in [2.24, 2.45) is 0 Å². The van der Waals surface area contributed by atoms with Crippen molar-refractivity contribution in [2.75, 3.05) is 0 Å². The smallest absolute Gasteiger partial charge is 0.335 e. The molecule has 0 aromatic heterocycles. The summed E-state index contributed by atoms with van der Waals surface area (Å²) in [6, 6.07) is 9.80. The van der Waals surface area contributed by atoms with Crippen LogP contribution >= 0.6 is 0 Å². The van der Waals surface area contributed by atoms with Crippen molar-refractivity contribution < 1.29 is 19.4 Å². The lowest BCUT2D eigenvalue weighted by molar-refractivity contribution is -0.128. The summed E-state index contributed by atoms with van der Waals surface area (Å²) in [5.74, 6) is -1.29. The van der Waals surface area contributed by atoms with Gasteiger partial charge in [-0.05, 0) is 23.6 Å². The van der Waals surface area contributed by atoms with Crippen molar-refractivity contribution in [3.05, 3.63) is 54.6 Å². The summed E-state index contributed by atoms with van der Waals surface area (Å²) < 4.78 is 5.06. The summed E-state index contributed by atoms with van der Waals surface area (Å²) in [6.45, 7) is 3.31. The number of carbonyl (C=O) groups excluding carboxylic acids is 1. The van der Waals surface area contributed by atoms with Gasteiger partial charge in [-0.15, -0.1) is 0 Å². The van der Waals surface area contributed by atoms with Crippen LogP contribution in [0.3, 0.4) is 0 Å². The Morgan fingerprint density at radius 1 is 1.22 bits per heavy atom. The molecule has 0 aliphatic heterocycles. The van der Waals surface area contributed by atoms with E-state index >= 15 is 0 Å². The average molecular weight is 242 g/mol. The van der Waals surface area contributed by atoms with Crippen molar-refractivity contribution in [1.82, 2.24) is 0 Å². The number of benzene rings is 2. The molecule has 18 heavy (non-hydrogen) atoms. The van der Waals surface area contributed by atoms with Crippen molar-refractivity contribution in [3.8, 4) is 5.75 Å². The lowest BCUT2D eigenvalue weighted by Gasteiger charge is -2.06. The van der Waals surface area contributed by atoms with Gasteiger partial charge in [-0.25, -0.2) is 9.59 Å². The Labute approximate surface area is 103 Å². The van der Waals surface area contributed by atoms with Crippen molar-refractivity contribution >= 4 is 22.7 Å². The first kappa shape index (κ1) is 11.9. The minimum Gasteiger partial charge on any atom is -0.478 e. The van der Waals surface area contributed by atoms with E-state index in [0.717, 1.165) is 11.5 Å². The first-order chi connectivity index (χ1) is 8.61. The number of aromatic carboxylic acids is 1. The SMILES string of the molecule is C=CC(=O)Oc1cccc2ccc(C(=O)O)cc12. The van der Waals surface area contributed by atoms with Crippen LogP contribution in [-0.4, -0.2) is 17.0 Å². The van der Waals surface area contributed by atoms with E-state index in [0.29, 0.717) is 11.1 Å². The highest BCUT2D eigenvalue weighted by molar-refractivity contribution is 5.98. The number of esters is 1. The van der Waals surface area contributed by atoms with Crippen LogP contribution in [0.5, 0.6) is 5.75 Å². The van der Waals surface area contributed by atoms with Gasteiger partial charge in [0.25, 0.3) is 0 Å². The fourth-order valence-corrected chi connectivity index (χ4v) is 1.62. The van der Waals surface area contributed by atoms with Crippen LogP contribution in [0.15, 0.2) is 49.1 Å². The zero-order valence-corrected chi connectivity index (χ0v) is 9.42. The third kappa shape index (κ3) is 2.22. The van der Waals surface area contributed by atoms with Crippen molar-refractivity contribution in [3.63, 3.8) is 0 Å². The summed E-state index contributed by atoms with van der Waals surface area (Å²) in [5.41, 5.74) is 0.143. The van der Waals surface area contributed by atoms with Crippen LogP contribution in [0.1, 0.15) is 10.4 Å². The van der Waals surface area contributed by atoms with Gasteiger partial charge in [-0.2, -0.15) is 0 Å². The van der Waals surface area contributed by atoms with E-state index in [-0.39, 0.29) is 5.56 Å². The number of hydrogen-bond acceptors (Lipinski definition) is 3. The minimum absolute atomic E-state index is 0.143. The van der Waals surface area contributed by atoms with Gasteiger partial charge in [0.2, 0.25) is 0 Å². The summed E-state index contributed by atoms with van der Waals surface area (Å²) in [7, 11) is 0. The molecule has 0 saturated carbocycles. The second kappa shape index (κ2) is 4.71. The Hall–Kier alpha value is -2.62. The van der Waals surface area contributed by atoms with E-state index in [2.05, 4.69) is 6.58 Å². The number of carbonyl (C=O) groups is 2. The lowest BCUT2D eigenvalue weighted by atomic mass is 10.1. The minimum atomic E-state index is -1.03. The summed E-state index contributed by atoms with van der Waals surface area (Å²) in [6.07, 6.45) is 1.06. The van der Waals surface area contributed by atoms with Gasteiger partial charge in [0.05, 0.1) is 5.56 Å². The van der Waals surface area contributed by atoms with E-state index in [4.69, 9.17) is 9.84 Å². The second-order valence-electron chi connectivity index (χ2n) is 3.62. The van der Waals surface area contributed by atoms with Gasteiger partial charge in [0.1, 0.15) is 5.75 Å². The van der Waals surface area contributed by atoms with Crippen LogP contribution in [-0.2, 0) is 4.79 Å². The van der Waals surface area contributed by atoms with Crippen LogP contribution in [0.2, 0.25) is 0 Å². The number of hydrogen-bond donors (Lipinski definition) is 1. The Morgan fingerprint density at radius 3 is 2.67 bits per heavy atom. The molecule has 0 bridgehead atoms. The molecular weight excluding hydrogens is 232 g/mol. The maximum absolute atomic E-state index is 11.2. The van der Waals surface area contributed by atoms with Gasteiger partial charge in [0.15, 0.2) is 0 Å². The van der Waals surface area contributed by atoms with Gasteiger partial charge in [-0.3, -0.25) is 0 Å². The fraction of sp³-hybridized carbons (Fsp3) is 0. The number of ether oxygens (including phenoxy) is 1. The number of carboxylic acid groups (broad SMARTS) is 1. The molecular formula is C14H10O4. The maximum atomic E-state index is 11.2. The Morgan fingerprint density at radius 2 is 2.00 bits per heavy atom. The molecule has 90 valence electrons. The largest absolute Gasteiger partial charge is 0.478 e. The molecule has 0 amide bonds. The zero-order chi connectivity index (χ0) is 13.1. The number of carboxylic acids is 1. The van der Waals surface area contributed by atoms with Crippen LogP contribution in [0.25, 0.3) is 10.8 Å². The maximum Gasteiger partial charge on any atom is 0.335 e. The van der Waals surface area contributed by atoms with Crippen LogP contribution < -0.4 is 4.74 Å². The van der Waals surface area contributed by atoms with Gasteiger partial charge >= 0.3 is 11.9 Å². The molecule has 2 rings (SSSR count). The highest BCUT2D eigenvalue weighted by Crippen LogP contribution is 2.26. The average Bonchev–Trinajstić information content (AvgIpc) is 2.38. The monoisotopic (exact) mass is 242 g/mol. The summed E-state index contributed by atoms with van der Waals surface area (Å²) >= 11 is 0. The molecule has 0 saturated heterocycles. The molecule has 4 heteroatoms. The van der Waals surface area contributed by atoms with Gasteiger partial charge in [-0.1, -0.05) is 24.8 Å². The van der Waals surface area contributed by atoms with Gasteiger partial charge < -0.3 is 9.84 Å². The van der Waals surface area contributed by atoms with E-state index in [1.54, 1.807) is 18.2 Å². The second-order valence-corrected chi connectivity index (χ2v) is 3.62. The quantitative estimate of drug-likeness (QED) is 0.510. The van der Waals surface area contributed by atoms with E-state index in [9.17, 15) is 9.59 Å².